The molecular formula is C48H54N10O8. The smallest absolute Gasteiger partial charge is 0.407 e. The third-order valence-electron chi connectivity index (χ3n) is 13.8. The number of likely N-dealkylation sites (tertiary alicyclic amines) is 2. The highest BCUT2D eigenvalue weighted by molar-refractivity contribution is 5.93. The van der Waals surface area contributed by atoms with Crippen LogP contribution >= 0.6 is 0 Å². The highest BCUT2D eigenvalue weighted by atomic mass is 16.5. The summed E-state index contributed by atoms with van der Waals surface area (Å²) in [6.45, 7) is 3.32. The number of ether oxygens (including phenoxy) is 4. The van der Waals surface area contributed by atoms with Gasteiger partial charge < -0.3 is 49.3 Å². The molecule has 18 heteroatoms. The van der Waals surface area contributed by atoms with Gasteiger partial charge in [0.05, 0.1) is 37.3 Å². The molecule has 0 radical (unpaired) electrons. The zero-order valence-corrected chi connectivity index (χ0v) is 37.1. The minimum absolute atomic E-state index is 0.0475. The molecule has 4 amide bonds. The average Bonchev–Trinajstić information content (AvgIpc) is 4.20. The summed E-state index contributed by atoms with van der Waals surface area (Å²) in [4.78, 5) is 82.6. The van der Waals surface area contributed by atoms with Crippen molar-refractivity contribution in [1.82, 2.24) is 50.3 Å². The minimum Gasteiger partial charge on any atom is -0.453 e. The molecule has 8 heterocycles. The number of alkyl carbamates (subject to hydrolysis) is 2. The van der Waals surface area contributed by atoms with E-state index < -0.39 is 24.3 Å². The van der Waals surface area contributed by atoms with Gasteiger partial charge in [0, 0.05) is 63.0 Å². The summed E-state index contributed by atoms with van der Waals surface area (Å²) in [5, 5.41) is 7.75. The van der Waals surface area contributed by atoms with Crippen molar-refractivity contribution >= 4 is 57.1 Å². The second-order valence-electron chi connectivity index (χ2n) is 17.7. The number of aromatic nitrogens is 6. The number of pyridine rings is 2. The van der Waals surface area contributed by atoms with E-state index >= 15 is 0 Å². The van der Waals surface area contributed by atoms with Gasteiger partial charge in [-0.1, -0.05) is 24.3 Å². The van der Waals surface area contributed by atoms with Crippen LogP contribution < -0.4 is 10.6 Å². The van der Waals surface area contributed by atoms with Crippen molar-refractivity contribution in [2.24, 2.45) is 11.8 Å². The summed E-state index contributed by atoms with van der Waals surface area (Å²) in [5.41, 5.74) is 6.55. The van der Waals surface area contributed by atoms with Crippen LogP contribution in [0.25, 0.3) is 55.4 Å². The molecule has 0 aliphatic carbocycles. The van der Waals surface area contributed by atoms with Crippen LogP contribution in [0.5, 0.6) is 0 Å². The Morgan fingerprint density at radius 2 is 1.03 bits per heavy atom. The SMILES string of the molecule is COC(=O)N[C@H](C(=O)N1CCC[C@H]1c1nc2ncc(-c3ccc4cc(-c5cnc6nc([C@@H]7CCCN7C(=O)[C@@H](NC(=O)OC)C7CCOCC7)[nH]c6c5)ccc4c3)cc2[nH]1)C1CCOCC1. The Kier molecular flexibility index (Phi) is 12.2. The van der Waals surface area contributed by atoms with Crippen LogP contribution in [-0.4, -0.2) is 130 Å². The molecule has 4 N–H and O–H groups in total. The molecule has 4 aliphatic rings. The number of benzene rings is 2. The standard InChI is InChI=1S/C48H54N10O8/c1-63-47(61)53-39(27-11-17-65-18-12-27)45(59)57-15-3-5-37(57)43-51-35-23-33(25-49-41(35)55-43)31-9-7-30-22-32(10-8-29(30)21-31)34-24-36-42(50-26-34)56-44(52-36)38-6-4-16-58(38)46(60)40(54-48(62)64-2)28-13-19-66-20-14-28/h7-10,21-28,37-40H,3-6,11-20H2,1-2H3,(H,53,61)(H,54,62)(H,49,51,55)(H,50,52,56)/t37-,38-,39-,40-/m0/s1. The molecule has 4 atom stereocenters. The summed E-state index contributed by atoms with van der Waals surface area (Å²) >= 11 is 0. The molecule has 4 aliphatic heterocycles. The van der Waals surface area contributed by atoms with E-state index in [1.165, 1.54) is 14.2 Å². The van der Waals surface area contributed by atoms with Gasteiger partial charge in [0.1, 0.15) is 23.7 Å². The number of H-pyrrole nitrogens is 2. The Balaban J connectivity index is 0.848. The lowest BCUT2D eigenvalue weighted by atomic mass is 9.90. The van der Waals surface area contributed by atoms with Crippen molar-refractivity contribution < 1.29 is 38.1 Å². The summed E-state index contributed by atoms with van der Waals surface area (Å²) in [5.74, 6) is 0.985. The van der Waals surface area contributed by atoms with Crippen LogP contribution in [0.15, 0.2) is 60.9 Å². The Morgan fingerprint density at radius 3 is 1.44 bits per heavy atom. The van der Waals surface area contributed by atoms with Gasteiger partial charge in [-0.2, -0.15) is 0 Å². The summed E-state index contributed by atoms with van der Waals surface area (Å²) in [7, 11) is 2.61. The second kappa shape index (κ2) is 18.7. The first kappa shape index (κ1) is 43.2. The Morgan fingerprint density at radius 1 is 0.606 bits per heavy atom. The number of carbonyl (C=O) groups is 4. The van der Waals surface area contributed by atoms with Gasteiger partial charge in [0.2, 0.25) is 11.8 Å². The normalized spacial score (nSPS) is 20.5. The predicted octanol–water partition coefficient (Wildman–Crippen LogP) is 6.35. The zero-order valence-electron chi connectivity index (χ0n) is 37.1. The van der Waals surface area contributed by atoms with Crippen LogP contribution in [0.1, 0.15) is 75.1 Å². The molecule has 4 saturated heterocycles. The Labute approximate surface area is 380 Å². The molecule has 0 bridgehead atoms. The molecule has 10 rings (SSSR count). The molecule has 344 valence electrons. The molecule has 6 aromatic rings. The zero-order chi connectivity index (χ0) is 45.3. The van der Waals surface area contributed by atoms with Gasteiger partial charge >= 0.3 is 12.2 Å². The summed E-state index contributed by atoms with van der Waals surface area (Å²) in [6.07, 6.45) is 8.25. The fourth-order valence-electron chi connectivity index (χ4n) is 10.3. The maximum absolute atomic E-state index is 14.1. The number of fused-ring (bicyclic) bond motifs is 3. The summed E-state index contributed by atoms with van der Waals surface area (Å²) in [6, 6.07) is 14.8. The van der Waals surface area contributed by atoms with E-state index in [0.717, 1.165) is 69.7 Å². The maximum Gasteiger partial charge on any atom is 0.407 e. The number of imidazole rings is 2. The van der Waals surface area contributed by atoms with E-state index in [2.05, 4.69) is 57.0 Å². The van der Waals surface area contributed by atoms with E-state index in [1.54, 1.807) is 0 Å². The maximum atomic E-state index is 14.1. The Hall–Kier alpha value is -6.66. The number of rotatable bonds is 10. The van der Waals surface area contributed by atoms with Crippen LogP contribution in [0.3, 0.4) is 0 Å². The van der Waals surface area contributed by atoms with Crippen molar-refractivity contribution in [3.05, 3.63) is 72.6 Å². The van der Waals surface area contributed by atoms with Crippen molar-refractivity contribution in [3.63, 3.8) is 0 Å². The number of hydrogen-bond acceptors (Lipinski definition) is 12. The number of aromatic amines is 2. The van der Waals surface area contributed by atoms with Gasteiger partial charge in [-0.05, 0) is 109 Å². The quantitative estimate of drug-likeness (QED) is 0.118. The first-order valence-electron chi connectivity index (χ1n) is 23.0. The second-order valence-corrected chi connectivity index (χ2v) is 17.7. The molecule has 18 nitrogen and oxygen atoms in total. The van der Waals surface area contributed by atoms with Crippen LogP contribution in [-0.2, 0) is 28.5 Å². The highest BCUT2D eigenvalue weighted by Gasteiger charge is 2.42. The monoisotopic (exact) mass is 898 g/mol. The molecule has 0 spiro atoms. The van der Waals surface area contributed by atoms with Crippen molar-refractivity contribution in [2.45, 2.75) is 75.5 Å². The van der Waals surface area contributed by atoms with Crippen LogP contribution in [0.4, 0.5) is 9.59 Å². The number of carbonyl (C=O) groups excluding carboxylic acids is 4. The van der Waals surface area contributed by atoms with E-state index in [1.807, 2.05) is 34.3 Å². The Bertz CT molecular complexity index is 2590. The average molecular weight is 899 g/mol. The first-order chi connectivity index (χ1) is 32.2. The van der Waals surface area contributed by atoms with E-state index in [-0.39, 0.29) is 35.7 Å². The van der Waals surface area contributed by atoms with Gasteiger partial charge in [0.15, 0.2) is 11.3 Å². The largest absolute Gasteiger partial charge is 0.453 e. The van der Waals surface area contributed by atoms with Crippen LogP contribution in [0, 0.1) is 11.8 Å². The lowest BCUT2D eigenvalue weighted by molar-refractivity contribution is -0.137. The van der Waals surface area contributed by atoms with E-state index in [0.29, 0.717) is 88.1 Å². The first-order valence-corrected chi connectivity index (χ1v) is 23.0. The van der Waals surface area contributed by atoms with E-state index in [9.17, 15) is 19.2 Å². The van der Waals surface area contributed by atoms with E-state index in [4.69, 9.17) is 38.9 Å². The number of hydrogen-bond donors (Lipinski definition) is 4. The van der Waals surface area contributed by atoms with Gasteiger partial charge in [0.25, 0.3) is 0 Å². The van der Waals surface area contributed by atoms with Gasteiger partial charge in [-0.3, -0.25) is 9.59 Å². The molecule has 2 aromatic carbocycles. The fourth-order valence-corrected chi connectivity index (χ4v) is 10.3. The van der Waals surface area contributed by atoms with Crippen molar-refractivity contribution in [1.29, 1.82) is 0 Å². The third-order valence-corrected chi connectivity index (χ3v) is 13.8. The lowest BCUT2D eigenvalue weighted by Crippen LogP contribution is -2.53. The number of nitrogens with zero attached hydrogens (tertiary/aromatic N) is 6. The molecule has 66 heavy (non-hydrogen) atoms. The summed E-state index contributed by atoms with van der Waals surface area (Å²) < 4.78 is 20.8. The number of amides is 4. The molecule has 4 fully saturated rings. The van der Waals surface area contributed by atoms with Crippen LogP contribution in [0.2, 0.25) is 0 Å². The third kappa shape index (κ3) is 8.62. The number of methoxy groups -OCH3 is 2. The molecule has 0 unspecified atom stereocenters. The molecule has 4 aromatic heterocycles. The molecular weight excluding hydrogens is 845 g/mol. The minimum atomic E-state index is -0.709. The molecule has 0 saturated carbocycles. The van der Waals surface area contributed by atoms with Crippen molar-refractivity contribution in [2.75, 3.05) is 53.7 Å². The van der Waals surface area contributed by atoms with Crippen molar-refractivity contribution in [3.8, 4) is 22.3 Å². The fraction of sp³-hybridized carbons (Fsp3) is 0.458. The predicted molar refractivity (Wildman–Crippen MR) is 243 cm³/mol. The topological polar surface area (TPSA) is 219 Å². The highest BCUT2D eigenvalue weighted by Crippen LogP contribution is 2.37. The number of nitrogens with one attached hydrogen (secondary N) is 4. The van der Waals surface area contributed by atoms with Gasteiger partial charge in [-0.25, -0.2) is 29.5 Å². The lowest BCUT2D eigenvalue weighted by Gasteiger charge is -2.34. The van der Waals surface area contributed by atoms with Gasteiger partial charge in [-0.15, -0.1) is 0 Å².